The first-order chi connectivity index (χ1) is 29.3. The third-order valence-electron chi connectivity index (χ3n) is 13.5. The Morgan fingerprint density at radius 3 is 0.903 bits per heavy atom. The molecule has 10 aromatic rings. The fraction of sp³-hybridized carbons (Fsp3) is 0.288. The second kappa shape index (κ2) is 13.7. The number of nitrogens with zero attached hydrogens (tertiary/aromatic N) is 3. The minimum Gasteiger partial charge on any atom is -0.336 e. The highest BCUT2D eigenvalue weighted by molar-refractivity contribution is 6.14. The zero-order valence-electron chi connectivity index (χ0n) is 38.8. The molecule has 10 rings (SSSR count). The largest absolute Gasteiger partial charge is 0.336 e. The third-order valence-corrected chi connectivity index (χ3v) is 13.5. The number of fused-ring (bicyclic) bond motifs is 9. The predicted octanol–water partition coefficient (Wildman–Crippen LogP) is 16.2. The molecule has 0 N–H and O–H groups in total. The van der Waals surface area contributed by atoms with Crippen LogP contribution in [0.1, 0.15) is 111 Å². The van der Waals surface area contributed by atoms with E-state index in [9.17, 15) is 0 Å². The van der Waals surface area contributed by atoms with E-state index in [0.717, 1.165) is 6.54 Å². The van der Waals surface area contributed by atoms with Crippen LogP contribution in [0, 0.1) is 0 Å². The van der Waals surface area contributed by atoms with Crippen molar-refractivity contribution in [1.82, 2.24) is 13.7 Å². The summed E-state index contributed by atoms with van der Waals surface area (Å²) in [5.41, 5.74) is 16.7. The molecule has 0 spiro atoms. The molecule has 0 radical (unpaired) electrons. The van der Waals surface area contributed by atoms with Crippen molar-refractivity contribution in [2.24, 2.45) is 0 Å². The van der Waals surface area contributed by atoms with Crippen molar-refractivity contribution in [3.8, 4) is 11.4 Å². The first-order valence-electron chi connectivity index (χ1n) is 22.5. The maximum atomic E-state index is 2.52. The van der Waals surface area contributed by atoms with E-state index in [0.29, 0.717) is 0 Å². The lowest BCUT2D eigenvalue weighted by molar-refractivity contribution is 0.590. The average Bonchev–Trinajstić information content (AvgIpc) is 3.83. The summed E-state index contributed by atoms with van der Waals surface area (Å²) in [4.78, 5) is 0. The Kier molecular flexibility index (Phi) is 8.86. The molecule has 0 aliphatic carbocycles. The third kappa shape index (κ3) is 6.55. The van der Waals surface area contributed by atoms with Crippen molar-refractivity contribution in [1.29, 1.82) is 0 Å². The smallest absolute Gasteiger partial charge is 0.0541 e. The van der Waals surface area contributed by atoms with Gasteiger partial charge < -0.3 is 13.7 Å². The standard InChI is InChI=1S/C59H61N3/c1-56(2,3)38-18-24-52-44(30-38)45-31-39(57(4,5)6)19-25-53(45)61(52)42-22-28-50-48(34-42)49-35-43(23-29-51(49)60(50)36-37-16-14-13-15-17-37)62-54-26-20-40(58(7,8)9)32-46(54)47-33-41(59(10,11)12)21-27-55(47)62/h13-35H,36H2,1-12H3. The molecule has 0 saturated carbocycles. The highest BCUT2D eigenvalue weighted by Gasteiger charge is 2.24. The summed E-state index contributed by atoms with van der Waals surface area (Å²) in [7, 11) is 0. The highest BCUT2D eigenvalue weighted by atomic mass is 15.0. The Balaban J connectivity index is 1.25. The molecule has 312 valence electrons. The quantitative estimate of drug-likeness (QED) is 0.168. The molecule has 0 unspecified atom stereocenters. The van der Waals surface area contributed by atoms with E-state index < -0.39 is 0 Å². The summed E-state index contributed by atoms with van der Waals surface area (Å²) in [6.07, 6.45) is 0. The van der Waals surface area contributed by atoms with Gasteiger partial charge in [0.05, 0.1) is 22.1 Å². The van der Waals surface area contributed by atoms with Gasteiger partial charge in [0.25, 0.3) is 0 Å². The number of benzene rings is 7. The van der Waals surface area contributed by atoms with Crippen LogP contribution in [0.3, 0.4) is 0 Å². The molecule has 3 nitrogen and oxygen atoms in total. The monoisotopic (exact) mass is 811 g/mol. The number of aromatic nitrogens is 3. The van der Waals surface area contributed by atoms with Crippen molar-refractivity contribution < 1.29 is 0 Å². The van der Waals surface area contributed by atoms with Gasteiger partial charge in [0.15, 0.2) is 0 Å². The number of hydrogen-bond acceptors (Lipinski definition) is 0. The van der Waals surface area contributed by atoms with Crippen LogP contribution in [-0.4, -0.2) is 13.7 Å². The summed E-state index contributed by atoms with van der Waals surface area (Å²) in [6.45, 7) is 28.5. The Morgan fingerprint density at radius 2 is 0.597 bits per heavy atom. The fourth-order valence-electron chi connectivity index (χ4n) is 9.76. The van der Waals surface area contributed by atoms with Gasteiger partial charge in [0.1, 0.15) is 0 Å². The van der Waals surface area contributed by atoms with Gasteiger partial charge in [-0.2, -0.15) is 0 Å². The highest BCUT2D eigenvalue weighted by Crippen LogP contribution is 2.42. The fourth-order valence-corrected chi connectivity index (χ4v) is 9.76. The summed E-state index contributed by atoms with van der Waals surface area (Å²) >= 11 is 0. The molecule has 0 bridgehead atoms. The SMILES string of the molecule is CC(C)(C)c1ccc2c(c1)c1cc(C(C)(C)C)ccc1n2-c1ccc2c(c1)c1cc(-n3c4ccc(C(C)(C)C)cc4c4cc(C(C)(C)C)ccc43)ccc1n2Cc1ccccc1. The Bertz CT molecular complexity index is 3040. The molecular weight excluding hydrogens is 751 g/mol. The van der Waals surface area contributed by atoms with Gasteiger partial charge in [-0.25, -0.2) is 0 Å². The molecule has 0 fully saturated rings. The molecule has 3 heteroatoms. The van der Waals surface area contributed by atoms with Crippen LogP contribution < -0.4 is 0 Å². The van der Waals surface area contributed by atoms with E-state index in [1.807, 2.05) is 0 Å². The van der Waals surface area contributed by atoms with Crippen LogP contribution in [0.4, 0.5) is 0 Å². The zero-order valence-corrected chi connectivity index (χ0v) is 38.8. The van der Waals surface area contributed by atoms with Crippen LogP contribution in [0.25, 0.3) is 76.8 Å². The molecule has 0 atom stereocenters. The average molecular weight is 812 g/mol. The molecule has 0 amide bonds. The van der Waals surface area contributed by atoms with Gasteiger partial charge in [0.2, 0.25) is 0 Å². The van der Waals surface area contributed by atoms with Gasteiger partial charge in [-0.15, -0.1) is 0 Å². The molecule has 0 aliphatic rings. The van der Waals surface area contributed by atoms with Crippen LogP contribution in [0.5, 0.6) is 0 Å². The molecule has 0 aliphatic heterocycles. The lowest BCUT2D eigenvalue weighted by Gasteiger charge is -2.19. The van der Waals surface area contributed by atoms with Gasteiger partial charge in [0, 0.05) is 61.3 Å². The van der Waals surface area contributed by atoms with E-state index in [1.165, 1.54) is 105 Å². The number of rotatable bonds is 4. The maximum absolute atomic E-state index is 2.52. The van der Waals surface area contributed by atoms with Crippen LogP contribution in [0.2, 0.25) is 0 Å². The molecular formula is C59H61N3. The summed E-state index contributed by atoms with van der Waals surface area (Å²) < 4.78 is 7.52. The second-order valence-corrected chi connectivity index (χ2v) is 22.1. The molecule has 0 saturated heterocycles. The van der Waals surface area contributed by atoms with Crippen molar-refractivity contribution in [3.05, 3.63) is 167 Å². The van der Waals surface area contributed by atoms with Crippen molar-refractivity contribution in [2.45, 2.75) is 111 Å². The first-order valence-corrected chi connectivity index (χ1v) is 22.5. The number of hydrogen-bond donors (Lipinski definition) is 0. The lowest BCUT2D eigenvalue weighted by Crippen LogP contribution is -2.10. The van der Waals surface area contributed by atoms with E-state index in [-0.39, 0.29) is 21.7 Å². The van der Waals surface area contributed by atoms with Crippen molar-refractivity contribution >= 4 is 65.4 Å². The lowest BCUT2D eigenvalue weighted by atomic mass is 9.85. The Morgan fingerprint density at radius 1 is 0.306 bits per heavy atom. The Labute approximate surface area is 367 Å². The summed E-state index contributed by atoms with van der Waals surface area (Å²) in [5, 5.41) is 7.75. The van der Waals surface area contributed by atoms with Crippen LogP contribution in [0.15, 0.2) is 140 Å². The minimum absolute atomic E-state index is 0.0432. The van der Waals surface area contributed by atoms with E-state index >= 15 is 0 Å². The van der Waals surface area contributed by atoms with Crippen molar-refractivity contribution in [2.75, 3.05) is 0 Å². The minimum atomic E-state index is 0.0432. The molecule has 3 aromatic heterocycles. The molecule has 3 heterocycles. The van der Waals surface area contributed by atoms with E-state index in [4.69, 9.17) is 0 Å². The predicted molar refractivity (Wildman–Crippen MR) is 268 cm³/mol. The van der Waals surface area contributed by atoms with E-state index in [2.05, 4.69) is 236 Å². The maximum Gasteiger partial charge on any atom is 0.0541 e. The van der Waals surface area contributed by atoms with Crippen molar-refractivity contribution in [3.63, 3.8) is 0 Å². The normalized spacial score (nSPS) is 13.2. The molecule has 62 heavy (non-hydrogen) atoms. The van der Waals surface area contributed by atoms with Crippen LogP contribution in [-0.2, 0) is 28.2 Å². The first kappa shape index (κ1) is 40.0. The van der Waals surface area contributed by atoms with Gasteiger partial charge in [-0.1, -0.05) is 138 Å². The van der Waals surface area contributed by atoms with Gasteiger partial charge in [-0.3, -0.25) is 0 Å². The molecule has 7 aromatic carbocycles. The summed E-state index contributed by atoms with van der Waals surface area (Å²) in [6, 6.07) is 53.7. The van der Waals surface area contributed by atoms with Gasteiger partial charge in [-0.05, 0) is 134 Å². The van der Waals surface area contributed by atoms with Crippen LogP contribution >= 0.6 is 0 Å². The zero-order chi connectivity index (χ0) is 43.7. The Hall–Kier alpha value is -6.06. The second-order valence-electron chi connectivity index (χ2n) is 22.1. The topological polar surface area (TPSA) is 14.8 Å². The summed E-state index contributed by atoms with van der Waals surface area (Å²) in [5.74, 6) is 0. The van der Waals surface area contributed by atoms with Gasteiger partial charge >= 0.3 is 0 Å². The van der Waals surface area contributed by atoms with E-state index in [1.54, 1.807) is 0 Å².